The van der Waals surface area contributed by atoms with Crippen LogP contribution in [-0.2, 0) is 24.2 Å². The molecule has 1 aliphatic heterocycles. The van der Waals surface area contributed by atoms with Crippen molar-refractivity contribution in [3.05, 3.63) is 69.8 Å². The Bertz CT molecular complexity index is 1170. The molecule has 2 amide bonds. The van der Waals surface area contributed by atoms with Gasteiger partial charge in [0.05, 0.1) is 17.4 Å². The Morgan fingerprint density at radius 1 is 1.17 bits per heavy atom. The molecule has 0 spiro atoms. The van der Waals surface area contributed by atoms with Gasteiger partial charge in [0.15, 0.2) is 0 Å². The summed E-state index contributed by atoms with van der Waals surface area (Å²) < 4.78 is 1.69. The van der Waals surface area contributed by atoms with Crippen molar-refractivity contribution in [3.8, 4) is 0 Å². The van der Waals surface area contributed by atoms with Gasteiger partial charge in [0.25, 0.3) is 11.5 Å². The minimum absolute atomic E-state index is 0.0663. The Kier molecular flexibility index (Phi) is 5.12. The third kappa shape index (κ3) is 3.76. The van der Waals surface area contributed by atoms with Crippen LogP contribution in [0.3, 0.4) is 0 Å². The molecule has 29 heavy (non-hydrogen) atoms. The molecule has 7 heteroatoms. The Morgan fingerprint density at radius 3 is 2.83 bits per heavy atom. The van der Waals surface area contributed by atoms with E-state index in [0.717, 1.165) is 36.3 Å². The van der Waals surface area contributed by atoms with Crippen molar-refractivity contribution in [2.24, 2.45) is 0 Å². The number of aryl methyl sites for hydroxylation is 2. The van der Waals surface area contributed by atoms with Gasteiger partial charge in [0.1, 0.15) is 5.82 Å². The van der Waals surface area contributed by atoms with Crippen molar-refractivity contribution >= 4 is 28.4 Å². The first-order valence-electron chi connectivity index (χ1n) is 9.76. The standard InChI is InChI=1S/C22H22N4O3/c1-2-14-6-3-4-7-17(14)25-20(27)13-23-21(28)15-9-10-16-18(12-15)24-19-8-5-11-26(19)22(16)29/h3-4,6-7,9-10,12H,2,5,8,11,13H2,1H3,(H,23,28)(H,25,27). The molecule has 1 aromatic heterocycles. The fourth-order valence-electron chi connectivity index (χ4n) is 3.63. The molecule has 7 nitrogen and oxygen atoms in total. The molecule has 3 aromatic rings. The van der Waals surface area contributed by atoms with Gasteiger partial charge in [0, 0.05) is 24.2 Å². The van der Waals surface area contributed by atoms with E-state index in [1.807, 2.05) is 31.2 Å². The molecule has 2 heterocycles. The van der Waals surface area contributed by atoms with E-state index in [0.29, 0.717) is 23.0 Å². The molecule has 0 atom stereocenters. The average molecular weight is 390 g/mol. The second-order valence-electron chi connectivity index (χ2n) is 7.06. The molecule has 2 aromatic carbocycles. The van der Waals surface area contributed by atoms with Crippen LogP contribution in [0.5, 0.6) is 0 Å². The minimum Gasteiger partial charge on any atom is -0.343 e. The number of hydrogen-bond donors (Lipinski definition) is 2. The Morgan fingerprint density at radius 2 is 2.00 bits per heavy atom. The summed E-state index contributed by atoms with van der Waals surface area (Å²) in [5.41, 5.74) is 2.60. The number of hydrogen-bond acceptors (Lipinski definition) is 4. The predicted octanol–water partition coefficient (Wildman–Crippen LogP) is 2.27. The van der Waals surface area contributed by atoms with Gasteiger partial charge >= 0.3 is 0 Å². The summed E-state index contributed by atoms with van der Waals surface area (Å²) in [6, 6.07) is 12.4. The van der Waals surface area contributed by atoms with E-state index < -0.39 is 0 Å². The van der Waals surface area contributed by atoms with Gasteiger partial charge in [-0.3, -0.25) is 19.0 Å². The highest BCUT2D eigenvalue weighted by Crippen LogP contribution is 2.17. The number of aromatic nitrogens is 2. The smallest absolute Gasteiger partial charge is 0.261 e. The number of nitrogens with zero attached hydrogens (tertiary/aromatic N) is 2. The SMILES string of the molecule is CCc1ccccc1NC(=O)CNC(=O)c1ccc2c(=O)n3c(nc2c1)CCC3. The molecular weight excluding hydrogens is 368 g/mol. The van der Waals surface area contributed by atoms with Gasteiger partial charge < -0.3 is 10.6 Å². The second-order valence-corrected chi connectivity index (χ2v) is 7.06. The van der Waals surface area contributed by atoms with Crippen LogP contribution in [0.2, 0.25) is 0 Å². The summed E-state index contributed by atoms with van der Waals surface area (Å²) in [4.78, 5) is 41.7. The van der Waals surface area contributed by atoms with E-state index in [9.17, 15) is 14.4 Å². The van der Waals surface area contributed by atoms with Crippen LogP contribution in [-0.4, -0.2) is 27.9 Å². The van der Waals surface area contributed by atoms with Crippen LogP contribution in [0.4, 0.5) is 5.69 Å². The summed E-state index contributed by atoms with van der Waals surface area (Å²) in [6.07, 6.45) is 2.47. The fourth-order valence-corrected chi connectivity index (χ4v) is 3.63. The molecule has 0 fully saturated rings. The van der Waals surface area contributed by atoms with Crippen LogP contribution in [0.1, 0.15) is 35.1 Å². The van der Waals surface area contributed by atoms with Gasteiger partial charge in [-0.15, -0.1) is 0 Å². The van der Waals surface area contributed by atoms with E-state index in [4.69, 9.17) is 0 Å². The van der Waals surface area contributed by atoms with Crippen LogP contribution in [0, 0.1) is 0 Å². The first-order valence-corrected chi connectivity index (χ1v) is 9.76. The first kappa shape index (κ1) is 18.9. The maximum atomic E-state index is 12.5. The number of carbonyl (C=O) groups excluding carboxylic acids is 2. The van der Waals surface area contributed by atoms with Crippen molar-refractivity contribution in [1.29, 1.82) is 0 Å². The monoisotopic (exact) mass is 390 g/mol. The first-order chi connectivity index (χ1) is 14.1. The van der Waals surface area contributed by atoms with E-state index >= 15 is 0 Å². The van der Waals surface area contributed by atoms with E-state index in [1.165, 1.54) is 0 Å². The second kappa shape index (κ2) is 7.87. The van der Waals surface area contributed by atoms with Crippen LogP contribution in [0.25, 0.3) is 10.9 Å². The lowest BCUT2D eigenvalue weighted by Gasteiger charge is -2.11. The van der Waals surface area contributed by atoms with Gasteiger partial charge in [-0.05, 0) is 42.7 Å². The zero-order valence-corrected chi connectivity index (χ0v) is 16.2. The summed E-state index contributed by atoms with van der Waals surface area (Å²) in [6.45, 7) is 2.56. The van der Waals surface area contributed by atoms with Gasteiger partial charge in [-0.1, -0.05) is 25.1 Å². The zero-order chi connectivity index (χ0) is 20.4. The number of fused-ring (bicyclic) bond motifs is 2. The minimum atomic E-state index is -0.381. The summed E-state index contributed by atoms with van der Waals surface area (Å²) in [7, 11) is 0. The molecule has 0 radical (unpaired) electrons. The molecule has 0 unspecified atom stereocenters. The number of anilines is 1. The normalized spacial score (nSPS) is 12.6. The number of carbonyl (C=O) groups is 2. The molecule has 0 saturated carbocycles. The molecule has 2 N–H and O–H groups in total. The van der Waals surface area contributed by atoms with Crippen LogP contribution < -0.4 is 16.2 Å². The number of rotatable bonds is 5. The average Bonchev–Trinajstić information content (AvgIpc) is 3.21. The predicted molar refractivity (Wildman–Crippen MR) is 111 cm³/mol. The third-order valence-corrected chi connectivity index (χ3v) is 5.16. The molecule has 148 valence electrons. The number of benzene rings is 2. The highest BCUT2D eigenvalue weighted by Gasteiger charge is 2.17. The Labute approximate surface area is 167 Å². The summed E-state index contributed by atoms with van der Waals surface area (Å²) in [5.74, 6) is 0.0801. The molecule has 4 rings (SSSR count). The van der Waals surface area contributed by atoms with Gasteiger partial charge in [0.2, 0.25) is 5.91 Å². The molecule has 0 saturated heterocycles. The quantitative estimate of drug-likeness (QED) is 0.699. The van der Waals surface area contributed by atoms with Crippen molar-refractivity contribution in [3.63, 3.8) is 0 Å². The van der Waals surface area contributed by atoms with Crippen molar-refractivity contribution in [2.45, 2.75) is 32.7 Å². The maximum Gasteiger partial charge on any atom is 0.261 e. The molecular formula is C22H22N4O3. The Hall–Kier alpha value is -3.48. The summed E-state index contributed by atoms with van der Waals surface area (Å²) >= 11 is 0. The number of nitrogens with one attached hydrogen (secondary N) is 2. The van der Waals surface area contributed by atoms with E-state index in [-0.39, 0.29) is 23.9 Å². The largest absolute Gasteiger partial charge is 0.343 e. The molecule has 0 bridgehead atoms. The highest BCUT2D eigenvalue weighted by atomic mass is 16.2. The van der Waals surface area contributed by atoms with Gasteiger partial charge in [-0.2, -0.15) is 0 Å². The lowest BCUT2D eigenvalue weighted by molar-refractivity contribution is -0.115. The molecule has 1 aliphatic rings. The van der Waals surface area contributed by atoms with Crippen molar-refractivity contribution in [1.82, 2.24) is 14.9 Å². The highest BCUT2D eigenvalue weighted by molar-refractivity contribution is 6.01. The number of para-hydroxylation sites is 1. The van der Waals surface area contributed by atoms with E-state index in [2.05, 4.69) is 15.6 Å². The fraction of sp³-hybridized carbons (Fsp3) is 0.273. The van der Waals surface area contributed by atoms with Crippen LogP contribution in [0.15, 0.2) is 47.3 Å². The molecule has 0 aliphatic carbocycles. The lowest BCUT2D eigenvalue weighted by Crippen LogP contribution is -2.33. The Balaban J connectivity index is 1.46. The zero-order valence-electron chi connectivity index (χ0n) is 16.2. The van der Waals surface area contributed by atoms with Crippen molar-refractivity contribution in [2.75, 3.05) is 11.9 Å². The van der Waals surface area contributed by atoms with Crippen molar-refractivity contribution < 1.29 is 9.59 Å². The number of amides is 2. The van der Waals surface area contributed by atoms with E-state index in [1.54, 1.807) is 22.8 Å². The third-order valence-electron chi connectivity index (χ3n) is 5.16. The summed E-state index contributed by atoms with van der Waals surface area (Å²) in [5, 5.41) is 5.95. The van der Waals surface area contributed by atoms with Gasteiger partial charge in [-0.25, -0.2) is 4.98 Å². The lowest BCUT2D eigenvalue weighted by atomic mass is 10.1. The maximum absolute atomic E-state index is 12.5. The topological polar surface area (TPSA) is 93.1 Å². The van der Waals surface area contributed by atoms with Crippen LogP contribution >= 0.6 is 0 Å².